The number of amides is 1. The molecule has 1 aliphatic rings. The van der Waals surface area contributed by atoms with Crippen molar-refractivity contribution in [2.24, 2.45) is 5.41 Å². The Labute approximate surface area is 107 Å². The number of anilines is 1. The third kappa shape index (κ3) is 2.38. The molecule has 0 spiro atoms. The number of carbonyl (C=O) groups is 1. The molecular formula is C14H19FN2O. The van der Waals surface area contributed by atoms with E-state index in [4.69, 9.17) is 0 Å². The van der Waals surface area contributed by atoms with Gasteiger partial charge in [-0.2, -0.15) is 0 Å². The van der Waals surface area contributed by atoms with Crippen LogP contribution in [0.15, 0.2) is 18.2 Å². The Hall–Kier alpha value is -1.42. The second-order valence-electron chi connectivity index (χ2n) is 4.97. The molecule has 0 bridgehead atoms. The van der Waals surface area contributed by atoms with Gasteiger partial charge in [-0.15, -0.1) is 0 Å². The number of hydrogen-bond donors (Lipinski definition) is 2. The third-order valence-corrected chi connectivity index (χ3v) is 3.84. The highest BCUT2D eigenvalue weighted by Crippen LogP contribution is 2.31. The standard InChI is InChI=1S/C14H19FN2O/c1-3-14(6-7-16-9-14)13(18)17-12-5-4-11(15)8-10(12)2/h4-5,8,16H,3,6-7,9H2,1-2H3,(H,17,18). The fourth-order valence-corrected chi connectivity index (χ4v) is 2.42. The van der Waals surface area contributed by atoms with Crippen LogP contribution in [0.4, 0.5) is 10.1 Å². The van der Waals surface area contributed by atoms with Crippen molar-refractivity contribution < 1.29 is 9.18 Å². The van der Waals surface area contributed by atoms with Gasteiger partial charge in [0.1, 0.15) is 5.82 Å². The van der Waals surface area contributed by atoms with Crippen LogP contribution in [0.5, 0.6) is 0 Å². The van der Waals surface area contributed by atoms with Crippen molar-refractivity contribution in [1.29, 1.82) is 0 Å². The highest BCUT2D eigenvalue weighted by atomic mass is 19.1. The first-order valence-electron chi connectivity index (χ1n) is 6.36. The van der Waals surface area contributed by atoms with Crippen LogP contribution in [0.25, 0.3) is 0 Å². The van der Waals surface area contributed by atoms with Gasteiger partial charge in [0.15, 0.2) is 0 Å². The minimum absolute atomic E-state index is 0.0321. The summed E-state index contributed by atoms with van der Waals surface area (Å²) in [7, 11) is 0. The average Bonchev–Trinajstić information content (AvgIpc) is 2.82. The molecule has 1 unspecified atom stereocenters. The Bertz CT molecular complexity index is 453. The van der Waals surface area contributed by atoms with Gasteiger partial charge in [-0.3, -0.25) is 4.79 Å². The molecule has 18 heavy (non-hydrogen) atoms. The van der Waals surface area contributed by atoms with E-state index in [1.54, 1.807) is 13.0 Å². The summed E-state index contributed by atoms with van der Waals surface area (Å²) in [6.45, 7) is 5.42. The lowest BCUT2D eigenvalue weighted by Crippen LogP contribution is -2.37. The van der Waals surface area contributed by atoms with Crippen molar-refractivity contribution in [3.05, 3.63) is 29.6 Å². The molecule has 98 valence electrons. The Morgan fingerprint density at radius 1 is 1.56 bits per heavy atom. The average molecular weight is 250 g/mol. The summed E-state index contributed by atoms with van der Waals surface area (Å²) in [6, 6.07) is 4.42. The molecule has 1 aliphatic heterocycles. The van der Waals surface area contributed by atoms with E-state index in [1.807, 2.05) is 6.92 Å². The zero-order valence-corrected chi connectivity index (χ0v) is 10.8. The summed E-state index contributed by atoms with van der Waals surface area (Å²) in [5, 5.41) is 6.16. The molecule has 3 nitrogen and oxygen atoms in total. The van der Waals surface area contributed by atoms with Gasteiger partial charge in [-0.25, -0.2) is 4.39 Å². The van der Waals surface area contributed by atoms with Crippen LogP contribution in [0.1, 0.15) is 25.3 Å². The number of halogens is 1. The number of rotatable bonds is 3. The molecule has 1 amide bonds. The summed E-state index contributed by atoms with van der Waals surface area (Å²) < 4.78 is 13.0. The lowest BCUT2D eigenvalue weighted by Gasteiger charge is -2.25. The third-order valence-electron chi connectivity index (χ3n) is 3.84. The van der Waals surface area contributed by atoms with Gasteiger partial charge in [-0.1, -0.05) is 6.92 Å². The van der Waals surface area contributed by atoms with Crippen LogP contribution >= 0.6 is 0 Å². The first-order chi connectivity index (χ1) is 8.57. The van der Waals surface area contributed by atoms with Crippen LogP contribution in [0.3, 0.4) is 0 Å². The maximum atomic E-state index is 13.0. The maximum absolute atomic E-state index is 13.0. The molecule has 1 saturated heterocycles. The predicted molar refractivity (Wildman–Crippen MR) is 70.0 cm³/mol. The zero-order valence-electron chi connectivity index (χ0n) is 10.8. The Morgan fingerprint density at radius 3 is 2.89 bits per heavy atom. The number of hydrogen-bond acceptors (Lipinski definition) is 2. The first-order valence-corrected chi connectivity index (χ1v) is 6.36. The van der Waals surface area contributed by atoms with E-state index in [1.165, 1.54) is 12.1 Å². The number of nitrogens with one attached hydrogen (secondary N) is 2. The van der Waals surface area contributed by atoms with Crippen LogP contribution in [-0.4, -0.2) is 19.0 Å². The molecule has 4 heteroatoms. The monoisotopic (exact) mass is 250 g/mol. The lowest BCUT2D eigenvalue weighted by molar-refractivity contribution is -0.124. The Morgan fingerprint density at radius 2 is 2.33 bits per heavy atom. The van der Waals surface area contributed by atoms with Gasteiger partial charge in [-0.05, 0) is 50.1 Å². The van der Waals surface area contributed by atoms with Crippen molar-refractivity contribution in [2.75, 3.05) is 18.4 Å². The zero-order chi connectivity index (χ0) is 13.2. The van der Waals surface area contributed by atoms with E-state index < -0.39 is 0 Å². The molecule has 1 aromatic rings. The van der Waals surface area contributed by atoms with E-state index in [-0.39, 0.29) is 17.1 Å². The Kier molecular flexibility index (Phi) is 3.66. The summed E-state index contributed by atoms with van der Waals surface area (Å²) in [5.41, 5.74) is 1.13. The van der Waals surface area contributed by atoms with Crippen molar-refractivity contribution in [3.63, 3.8) is 0 Å². The van der Waals surface area contributed by atoms with Gasteiger partial charge in [0.05, 0.1) is 5.41 Å². The van der Waals surface area contributed by atoms with Crippen LogP contribution in [0, 0.1) is 18.2 Å². The van der Waals surface area contributed by atoms with E-state index in [0.29, 0.717) is 5.69 Å². The SMILES string of the molecule is CCC1(C(=O)Nc2ccc(F)cc2C)CCNC1. The van der Waals surface area contributed by atoms with E-state index in [9.17, 15) is 9.18 Å². The van der Waals surface area contributed by atoms with Gasteiger partial charge in [0.2, 0.25) is 5.91 Å². The molecular weight excluding hydrogens is 231 g/mol. The highest BCUT2D eigenvalue weighted by molar-refractivity contribution is 5.96. The van der Waals surface area contributed by atoms with Gasteiger partial charge >= 0.3 is 0 Å². The molecule has 1 fully saturated rings. The number of aryl methyl sites for hydroxylation is 1. The molecule has 0 aromatic heterocycles. The molecule has 1 aromatic carbocycles. The second kappa shape index (κ2) is 5.06. The van der Waals surface area contributed by atoms with Crippen LogP contribution in [0.2, 0.25) is 0 Å². The minimum Gasteiger partial charge on any atom is -0.325 e. The quantitative estimate of drug-likeness (QED) is 0.865. The number of benzene rings is 1. The second-order valence-corrected chi connectivity index (χ2v) is 4.97. The molecule has 2 rings (SSSR count). The van der Waals surface area contributed by atoms with E-state index in [2.05, 4.69) is 10.6 Å². The van der Waals surface area contributed by atoms with Gasteiger partial charge in [0.25, 0.3) is 0 Å². The minimum atomic E-state index is -0.319. The highest BCUT2D eigenvalue weighted by Gasteiger charge is 2.39. The van der Waals surface area contributed by atoms with Crippen molar-refractivity contribution in [3.8, 4) is 0 Å². The smallest absolute Gasteiger partial charge is 0.231 e. The maximum Gasteiger partial charge on any atom is 0.231 e. The summed E-state index contributed by atoms with van der Waals surface area (Å²) in [5.74, 6) is -0.247. The van der Waals surface area contributed by atoms with Crippen LogP contribution in [-0.2, 0) is 4.79 Å². The first kappa shape index (κ1) is 13.0. The van der Waals surface area contributed by atoms with E-state index >= 15 is 0 Å². The summed E-state index contributed by atoms with van der Waals surface area (Å²) in [6.07, 6.45) is 1.67. The largest absolute Gasteiger partial charge is 0.325 e. The fourth-order valence-electron chi connectivity index (χ4n) is 2.42. The predicted octanol–water partition coefficient (Wildman–Crippen LogP) is 2.46. The molecule has 1 heterocycles. The Balaban J connectivity index is 2.15. The molecule has 1 atom stereocenters. The topological polar surface area (TPSA) is 41.1 Å². The molecule has 0 saturated carbocycles. The molecule has 0 radical (unpaired) electrons. The lowest BCUT2D eigenvalue weighted by atomic mass is 9.83. The molecule has 0 aliphatic carbocycles. The van der Waals surface area contributed by atoms with E-state index in [0.717, 1.165) is 31.5 Å². The van der Waals surface area contributed by atoms with Crippen molar-refractivity contribution in [2.45, 2.75) is 26.7 Å². The van der Waals surface area contributed by atoms with Gasteiger partial charge < -0.3 is 10.6 Å². The fraction of sp³-hybridized carbons (Fsp3) is 0.500. The summed E-state index contributed by atoms with van der Waals surface area (Å²) in [4.78, 5) is 12.4. The summed E-state index contributed by atoms with van der Waals surface area (Å²) >= 11 is 0. The van der Waals surface area contributed by atoms with Gasteiger partial charge in [0, 0.05) is 12.2 Å². The van der Waals surface area contributed by atoms with Crippen molar-refractivity contribution >= 4 is 11.6 Å². The van der Waals surface area contributed by atoms with Crippen molar-refractivity contribution in [1.82, 2.24) is 5.32 Å². The normalized spacial score (nSPS) is 23.1. The molecule has 2 N–H and O–H groups in total. The van der Waals surface area contributed by atoms with Crippen LogP contribution < -0.4 is 10.6 Å². The number of carbonyl (C=O) groups excluding carboxylic acids is 1.